The van der Waals surface area contributed by atoms with E-state index < -0.39 is 0 Å². The summed E-state index contributed by atoms with van der Waals surface area (Å²) in [5.41, 5.74) is 2.25. The van der Waals surface area contributed by atoms with Gasteiger partial charge in [-0.3, -0.25) is 4.79 Å². The van der Waals surface area contributed by atoms with Crippen molar-refractivity contribution >= 4 is 38.3 Å². The fourth-order valence-electron chi connectivity index (χ4n) is 3.05. The third kappa shape index (κ3) is 4.42. The molecule has 0 spiro atoms. The molecule has 1 amide bonds. The van der Waals surface area contributed by atoms with Crippen LogP contribution in [0.2, 0.25) is 0 Å². The summed E-state index contributed by atoms with van der Waals surface area (Å²) < 4.78 is 1.09. The van der Waals surface area contributed by atoms with Crippen molar-refractivity contribution in [1.82, 2.24) is 4.98 Å². The van der Waals surface area contributed by atoms with Crippen molar-refractivity contribution in [3.8, 4) is 0 Å². The van der Waals surface area contributed by atoms with Crippen LogP contribution >= 0.6 is 27.3 Å². The lowest BCUT2D eigenvalue weighted by molar-refractivity contribution is -0.120. The fourth-order valence-corrected chi connectivity index (χ4v) is 4.50. The van der Waals surface area contributed by atoms with Gasteiger partial charge in [-0.1, -0.05) is 47.3 Å². The summed E-state index contributed by atoms with van der Waals surface area (Å²) in [6, 6.07) is 8.31. The third-order valence-electron chi connectivity index (χ3n) is 4.35. The molecule has 0 radical (unpaired) electrons. The Morgan fingerprint density at radius 3 is 2.87 bits per heavy atom. The van der Waals surface area contributed by atoms with Crippen molar-refractivity contribution in [3.05, 3.63) is 44.9 Å². The van der Waals surface area contributed by atoms with E-state index >= 15 is 0 Å². The van der Waals surface area contributed by atoms with Crippen molar-refractivity contribution in [2.75, 3.05) is 5.32 Å². The molecule has 1 aliphatic rings. The summed E-state index contributed by atoms with van der Waals surface area (Å²) in [5, 5.41) is 3.77. The van der Waals surface area contributed by atoms with Crippen LogP contribution in [-0.2, 0) is 11.2 Å². The minimum atomic E-state index is 0.146. The van der Waals surface area contributed by atoms with Gasteiger partial charge in [0.25, 0.3) is 0 Å². The maximum atomic E-state index is 12.3. The normalized spacial score (nSPS) is 15.6. The molecule has 1 aliphatic carbocycles. The molecule has 3 rings (SSSR count). The molecule has 3 nitrogen and oxygen atoms in total. The maximum absolute atomic E-state index is 12.3. The van der Waals surface area contributed by atoms with Crippen molar-refractivity contribution in [3.63, 3.8) is 0 Å². The predicted molar refractivity (Wildman–Crippen MR) is 99.0 cm³/mol. The quantitative estimate of drug-likeness (QED) is 0.764. The summed E-state index contributed by atoms with van der Waals surface area (Å²) in [7, 11) is 0. The first-order valence-electron chi connectivity index (χ1n) is 8.13. The number of hydrogen-bond acceptors (Lipinski definition) is 3. The molecular weight excluding hydrogens is 372 g/mol. The Bertz CT molecular complexity index is 692. The molecule has 1 saturated carbocycles. The second kappa shape index (κ2) is 7.58. The number of nitrogens with one attached hydrogen (secondary N) is 1. The first kappa shape index (κ1) is 16.7. The molecule has 0 bridgehead atoms. The van der Waals surface area contributed by atoms with Crippen LogP contribution in [0.3, 0.4) is 0 Å². The molecule has 1 heterocycles. The van der Waals surface area contributed by atoms with E-state index in [-0.39, 0.29) is 11.8 Å². The number of carbonyl (C=O) groups excluding carboxylic acids is 1. The second-order valence-electron chi connectivity index (χ2n) is 6.16. The Hall–Kier alpha value is -1.20. The number of aryl methyl sites for hydroxylation is 1. The fraction of sp³-hybridized carbons (Fsp3) is 0.444. The zero-order chi connectivity index (χ0) is 16.2. The number of hydrogen-bond donors (Lipinski definition) is 1. The monoisotopic (exact) mass is 392 g/mol. The van der Waals surface area contributed by atoms with E-state index in [0.717, 1.165) is 34.6 Å². The standard InChI is InChI=1S/C18H21BrN2OS/c1-12-16(11-13-6-5-9-15(19)10-13)23-18(20-12)21-17(22)14-7-3-2-4-8-14/h5-6,9-10,14H,2-4,7-8,11H2,1H3,(H,20,21,22). The van der Waals surface area contributed by atoms with Crippen LogP contribution in [0.1, 0.15) is 48.2 Å². The zero-order valence-electron chi connectivity index (χ0n) is 13.3. The molecule has 1 N–H and O–H groups in total. The van der Waals surface area contributed by atoms with Crippen LogP contribution in [0.25, 0.3) is 0 Å². The Morgan fingerprint density at radius 1 is 1.35 bits per heavy atom. The van der Waals surface area contributed by atoms with Crippen LogP contribution in [-0.4, -0.2) is 10.9 Å². The lowest BCUT2D eigenvalue weighted by atomic mass is 9.89. The van der Waals surface area contributed by atoms with Gasteiger partial charge >= 0.3 is 0 Å². The molecule has 1 aromatic heterocycles. The molecule has 0 unspecified atom stereocenters. The van der Waals surface area contributed by atoms with Crippen LogP contribution in [0.4, 0.5) is 5.13 Å². The van der Waals surface area contributed by atoms with Crippen LogP contribution in [0.5, 0.6) is 0 Å². The smallest absolute Gasteiger partial charge is 0.229 e. The van der Waals surface area contributed by atoms with Crippen molar-refractivity contribution in [1.29, 1.82) is 0 Å². The number of benzene rings is 1. The number of amides is 1. The lowest BCUT2D eigenvalue weighted by Crippen LogP contribution is -2.24. The van der Waals surface area contributed by atoms with Crippen molar-refractivity contribution < 1.29 is 4.79 Å². The molecule has 23 heavy (non-hydrogen) atoms. The Labute approximate surface area is 149 Å². The lowest BCUT2D eigenvalue weighted by Gasteiger charge is -2.19. The van der Waals surface area contributed by atoms with E-state index in [0.29, 0.717) is 0 Å². The van der Waals surface area contributed by atoms with Gasteiger partial charge in [-0.2, -0.15) is 0 Å². The van der Waals surface area contributed by atoms with Crippen LogP contribution in [0.15, 0.2) is 28.7 Å². The highest BCUT2D eigenvalue weighted by Gasteiger charge is 2.22. The number of thiazole rings is 1. The minimum Gasteiger partial charge on any atom is -0.302 e. The molecule has 1 aromatic carbocycles. The summed E-state index contributed by atoms with van der Waals surface area (Å²) in [6.45, 7) is 2.01. The van der Waals surface area contributed by atoms with Gasteiger partial charge < -0.3 is 5.32 Å². The van der Waals surface area contributed by atoms with Gasteiger partial charge in [-0.05, 0) is 37.5 Å². The number of anilines is 1. The highest BCUT2D eigenvalue weighted by atomic mass is 79.9. The van der Waals surface area contributed by atoms with E-state index in [1.807, 2.05) is 19.1 Å². The summed E-state index contributed by atoms with van der Waals surface area (Å²) >= 11 is 5.10. The van der Waals surface area contributed by atoms with E-state index in [9.17, 15) is 4.79 Å². The average molecular weight is 393 g/mol. The largest absolute Gasteiger partial charge is 0.302 e. The topological polar surface area (TPSA) is 42.0 Å². The molecule has 1 fully saturated rings. The van der Waals surface area contributed by atoms with E-state index in [1.54, 1.807) is 11.3 Å². The maximum Gasteiger partial charge on any atom is 0.229 e. The Morgan fingerprint density at radius 2 is 2.13 bits per heavy atom. The van der Waals surface area contributed by atoms with Crippen molar-refractivity contribution in [2.45, 2.75) is 45.4 Å². The SMILES string of the molecule is Cc1nc(NC(=O)C2CCCCC2)sc1Cc1cccc(Br)c1. The van der Waals surface area contributed by atoms with Gasteiger partial charge in [-0.15, -0.1) is 11.3 Å². The van der Waals surface area contributed by atoms with E-state index in [1.165, 1.54) is 29.7 Å². The number of halogens is 1. The first-order valence-corrected chi connectivity index (χ1v) is 9.74. The van der Waals surface area contributed by atoms with Gasteiger partial charge in [0, 0.05) is 21.7 Å². The van der Waals surface area contributed by atoms with Crippen LogP contribution in [0, 0.1) is 12.8 Å². The Kier molecular flexibility index (Phi) is 5.49. The van der Waals surface area contributed by atoms with Gasteiger partial charge in [-0.25, -0.2) is 4.98 Å². The molecule has 5 heteroatoms. The summed E-state index contributed by atoms with van der Waals surface area (Å²) in [6.07, 6.45) is 6.48. The number of nitrogens with zero attached hydrogens (tertiary/aromatic N) is 1. The Balaban J connectivity index is 1.67. The number of carbonyl (C=O) groups is 1. The highest BCUT2D eigenvalue weighted by molar-refractivity contribution is 9.10. The number of rotatable bonds is 4. The van der Waals surface area contributed by atoms with Gasteiger partial charge in [0.05, 0.1) is 5.69 Å². The highest BCUT2D eigenvalue weighted by Crippen LogP contribution is 2.29. The molecule has 122 valence electrons. The minimum absolute atomic E-state index is 0.146. The summed E-state index contributed by atoms with van der Waals surface area (Å²) in [4.78, 5) is 18.1. The van der Waals surface area contributed by atoms with E-state index in [2.05, 4.69) is 38.4 Å². The van der Waals surface area contributed by atoms with E-state index in [4.69, 9.17) is 0 Å². The third-order valence-corrected chi connectivity index (χ3v) is 5.92. The zero-order valence-corrected chi connectivity index (χ0v) is 15.7. The summed E-state index contributed by atoms with van der Waals surface area (Å²) in [5.74, 6) is 0.314. The van der Waals surface area contributed by atoms with Gasteiger partial charge in [0.2, 0.25) is 5.91 Å². The molecule has 0 atom stereocenters. The van der Waals surface area contributed by atoms with Crippen molar-refractivity contribution in [2.24, 2.45) is 5.92 Å². The number of aromatic nitrogens is 1. The van der Waals surface area contributed by atoms with Crippen LogP contribution < -0.4 is 5.32 Å². The molecule has 2 aromatic rings. The predicted octanol–water partition coefficient (Wildman–Crippen LogP) is 5.32. The molecule has 0 saturated heterocycles. The second-order valence-corrected chi connectivity index (χ2v) is 8.16. The van der Waals surface area contributed by atoms with Gasteiger partial charge in [0.1, 0.15) is 0 Å². The van der Waals surface area contributed by atoms with Gasteiger partial charge in [0.15, 0.2) is 5.13 Å². The molecule has 0 aliphatic heterocycles. The first-order chi connectivity index (χ1) is 11.1. The average Bonchev–Trinajstić information content (AvgIpc) is 2.87. The molecular formula is C18H21BrN2OS.